The molecule has 7 heteroatoms. The first-order valence-corrected chi connectivity index (χ1v) is 10.1. The van der Waals surface area contributed by atoms with Crippen molar-refractivity contribution in [1.29, 1.82) is 0 Å². The molecule has 3 amide bonds. The zero-order chi connectivity index (χ0) is 22.2. The third kappa shape index (κ3) is 3.92. The van der Waals surface area contributed by atoms with Crippen molar-refractivity contribution in [3.63, 3.8) is 0 Å². The Kier molecular flexibility index (Phi) is 5.29. The summed E-state index contributed by atoms with van der Waals surface area (Å²) in [5.74, 6) is -2.01. The van der Waals surface area contributed by atoms with E-state index >= 15 is 0 Å². The molecule has 1 unspecified atom stereocenters. The van der Waals surface area contributed by atoms with Gasteiger partial charge in [-0.05, 0) is 44.5 Å². The monoisotopic (exact) mass is 417 g/mol. The first kappa shape index (κ1) is 20.7. The van der Waals surface area contributed by atoms with E-state index in [0.29, 0.717) is 22.3 Å². The molecule has 0 bridgehead atoms. The lowest BCUT2D eigenvalue weighted by Gasteiger charge is -2.29. The predicted octanol–water partition coefficient (Wildman–Crippen LogP) is 3.25. The smallest absolute Gasteiger partial charge is 0.261 e. The number of nitrogens with one attached hydrogen (secondary N) is 1. The fraction of sp³-hybridized carbons (Fsp3) is 0.250. The Bertz CT molecular complexity index is 1140. The summed E-state index contributed by atoms with van der Waals surface area (Å²) in [4.78, 5) is 43.8. The number of carbonyl (C=O) groups is 3. The number of fused-ring (bicyclic) bond motifs is 2. The molecule has 4 rings (SSSR count). The number of imide groups is 1. The lowest BCUT2D eigenvalue weighted by molar-refractivity contribution is -0.127. The van der Waals surface area contributed by atoms with Crippen molar-refractivity contribution in [2.24, 2.45) is 5.92 Å². The number of aromatic nitrogens is 1. The second-order valence-electron chi connectivity index (χ2n) is 8.17. The van der Waals surface area contributed by atoms with E-state index in [4.69, 9.17) is 0 Å². The van der Waals surface area contributed by atoms with Crippen molar-refractivity contribution < 1.29 is 19.5 Å². The number of para-hydroxylation sites is 1. The molecule has 1 aromatic heterocycles. The van der Waals surface area contributed by atoms with Gasteiger partial charge in [0.05, 0.1) is 33.8 Å². The maximum atomic E-state index is 13.1. The van der Waals surface area contributed by atoms with Gasteiger partial charge in [0.15, 0.2) is 0 Å². The molecule has 0 spiro atoms. The van der Waals surface area contributed by atoms with Crippen LogP contribution in [0.5, 0.6) is 0 Å². The van der Waals surface area contributed by atoms with Gasteiger partial charge in [-0.3, -0.25) is 24.3 Å². The minimum Gasteiger partial charge on any atom is -0.390 e. The van der Waals surface area contributed by atoms with Gasteiger partial charge in [-0.1, -0.05) is 30.3 Å². The third-order valence-electron chi connectivity index (χ3n) is 5.58. The zero-order valence-electron chi connectivity index (χ0n) is 17.3. The number of carbonyl (C=O) groups excluding carboxylic acids is 3. The molecule has 1 atom stereocenters. The molecular formula is C24H23N3O4. The van der Waals surface area contributed by atoms with Gasteiger partial charge in [0, 0.05) is 18.1 Å². The van der Waals surface area contributed by atoms with Crippen LogP contribution in [0.4, 0.5) is 5.69 Å². The van der Waals surface area contributed by atoms with Crippen LogP contribution >= 0.6 is 0 Å². The second kappa shape index (κ2) is 7.92. The van der Waals surface area contributed by atoms with E-state index in [0.717, 1.165) is 10.3 Å². The molecule has 2 aromatic carbocycles. The first-order chi connectivity index (χ1) is 14.8. The Balaban J connectivity index is 1.53. The van der Waals surface area contributed by atoms with Gasteiger partial charge in [0.1, 0.15) is 0 Å². The van der Waals surface area contributed by atoms with E-state index in [-0.39, 0.29) is 24.8 Å². The van der Waals surface area contributed by atoms with Crippen molar-refractivity contribution in [1.82, 2.24) is 9.88 Å². The van der Waals surface area contributed by atoms with Crippen molar-refractivity contribution in [3.05, 3.63) is 71.9 Å². The fourth-order valence-electron chi connectivity index (χ4n) is 3.93. The van der Waals surface area contributed by atoms with Crippen LogP contribution in [-0.4, -0.2) is 44.9 Å². The second-order valence-corrected chi connectivity index (χ2v) is 8.17. The molecule has 1 aliphatic heterocycles. The highest BCUT2D eigenvalue weighted by Gasteiger charge is 2.38. The van der Waals surface area contributed by atoms with Crippen LogP contribution in [0.1, 0.15) is 41.0 Å². The van der Waals surface area contributed by atoms with Crippen LogP contribution in [0.15, 0.2) is 60.8 Å². The molecule has 7 nitrogen and oxygen atoms in total. The van der Waals surface area contributed by atoms with E-state index in [1.165, 1.54) is 0 Å². The topological polar surface area (TPSA) is 99.6 Å². The van der Waals surface area contributed by atoms with Gasteiger partial charge in [-0.15, -0.1) is 0 Å². The molecule has 0 saturated heterocycles. The number of anilines is 1. The molecule has 0 fully saturated rings. The highest BCUT2D eigenvalue weighted by Crippen LogP contribution is 2.28. The summed E-state index contributed by atoms with van der Waals surface area (Å²) in [5.41, 5.74) is 0.546. The summed E-state index contributed by atoms with van der Waals surface area (Å²) in [5, 5.41) is 14.4. The lowest BCUT2D eigenvalue weighted by atomic mass is 9.87. The predicted molar refractivity (Wildman–Crippen MR) is 117 cm³/mol. The number of benzene rings is 2. The van der Waals surface area contributed by atoms with Crippen LogP contribution in [0, 0.1) is 5.92 Å². The van der Waals surface area contributed by atoms with E-state index in [1.54, 1.807) is 50.4 Å². The summed E-state index contributed by atoms with van der Waals surface area (Å²) in [7, 11) is 0. The number of hydrogen-bond acceptors (Lipinski definition) is 5. The lowest BCUT2D eigenvalue weighted by Crippen LogP contribution is -2.43. The van der Waals surface area contributed by atoms with Crippen LogP contribution < -0.4 is 5.32 Å². The fourth-order valence-corrected chi connectivity index (χ4v) is 3.93. The average molecular weight is 417 g/mol. The molecule has 1 aliphatic rings. The van der Waals surface area contributed by atoms with Crippen LogP contribution in [0.3, 0.4) is 0 Å². The van der Waals surface area contributed by atoms with E-state index in [9.17, 15) is 19.5 Å². The van der Waals surface area contributed by atoms with Crippen LogP contribution in [0.2, 0.25) is 0 Å². The highest BCUT2D eigenvalue weighted by molar-refractivity contribution is 6.21. The van der Waals surface area contributed by atoms with Crippen molar-refractivity contribution in [3.8, 4) is 0 Å². The molecule has 158 valence electrons. The van der Waals surface area contributed by atoms with Gasteiger partial charge in [-0.2, -0.15) is 0 Å². The van der Waals surface area contributed by atoms with Gasteiger partial charge in [0.2, 0.25) is 5.91 Å². The number of rotatable bonds is 6. The van der Waals surface area contributed by atoms with Gasteiger partial charge in [0.25, 0.3) is 11.8 Å². The summed E-state index contributed by atoms with van der Waals surface area (Å²) < 4.78 is 0. The highest BCUT2D eigenvalue weighted by atomic mass is 16.3. The Morgan fingerprint density at radius 1 is 1.03 bits per heavy atom. The van der Waals surface area contributed by atoms with Gasteiger partial charge < -0.3 is 10.4 Å². The van der Waals surface area contributed by atoms with Crippen LogP contribution in [-0.2, 0) is 4.79 Å². The molecular weight excluding hydrogens is 394 g/mol. The average Bonchev–Trinajstić information content (AvgIpc) is 2.98. The molecule has 31 heavy (non-hydrogen) atoms. The minimum absolute atomic E-state index is 0.0300. The van der Waals surface area contributed by atoms with Crippen LogP contribution in [0.25, 0.3) is 10.9 Å². The number of hydrogen-bond donors (Lipinski definition) is 2. The molecule has 3 aromatic rings. The first-order valence-electron chi connectivity index (χ1n) is 10.1. The maximum absolute atomic E-state index is 13.1. The normalized spacial score (nSPS) is 14.6. The summed E-state index contributed by atoms with van der Waals surface area (Å²) in [6.07, 6.45) is 1.77. The van der Waals surface area contributed by atoms with Crippen molar-refractivity contribution in [2.45, 2.75) is 25.9 Å². The van der Waals surface area contributed by atoms with E-state index in [2.05, 4.69) is 10.3 Å². The third-order valence-corrected chi connectivity index (χ3v) is 5.58. The number of amides is 3. The number of aliphatic hydroxyl groups is 1. The summed E-state index contributed by atoms with van der Waals surface area (Å²) in [6.45, 7) is 3.12. The Morgan fingerprint density at radius 3 is 2.32 bits per heavy atom. The molecule has 0 aliphatic carbocycles. The molecule has 0 radical (unpaired) electrons. The van der Waals surface area contributed by atoms with E-state index < -0.39 is 17.4 Å². The summed E-state index contributed by atoms with van der Waals surface area (Å²) in [6, 6.07) is 15.8. The molecule has 2 N–H and O–H groups in total. The quantitative estimate of drug-likeness (QED) is 0.600. The van der Waals surface area contributed by atoms with Crippen molar-refractivity contribution >= 4 is 34.3 Å². The summed E-state index contributed by atoms with van der Waals surface area (Å²) >= 11 is 0. The Labute approximate surface area is 179 Å². The number of pyridine rings is 1. The number of nitrogens with zero attached hydrogens (tertiary/aromatic N) is 2. The van der Waals surface area contributed by atoms with E-state index in [1.807, 2.05) is 24.3 Å². The largest absolute Gasteiger partial charge is 0.390 e. The minimum atomic E-state index is -1.36. The Hall–Kier alpha value is -3.58. The zero-order valence-corrected chi connectivity index (χ0v) is 17.3. The van der Waals surface area contributed by atoms with Crippen molar-refractivity contribution in [2.75, 3.05) is 11.9 Å². The Morgan fingerprint density at radius 2 is 1.68 bits per heavy atom. The standard InChI is InChI=1S/C24H23N3O4/c1-24(2,31)18(12-14-27-22(29)16-9-3-4-10-17(16)23(27)30)21(28)26-19-11-5-7-15-8-6-13-25-20(15)19/h3-11,13,18,31H,12,14H2,1-2H3,(H,26,28). The SMILES string of the molecule is CC(C)(O)C(CCN1C(=O)c2ccccc2C1=O)C(=O)Nc1cccc2cccnc12. The maximum Gasteiger partial charge on any atom is 0.261 e. The molecule has 0 saturated carbocycles. The van der Waals surface area contributed by atoms with Gasteiger partial charge >= 0.3 is 0 Å². The molecule has 2 heterocycles. The van der Waals surface area contributed by atoms with Gasteiger partial charge in [-0.25, -0.2) is 0 Å².